The fourth-order valence-corrected chi connectivity index (χ4v) is 3.26. The van der Waals surface area contributed by atoms with Crippen LogP contribution in [0.5, 0.6) is 17.4 Å². The Labute approximate surface area is 169 Å². The van der Waals surface area contributed by atoms with Gasteiger partial charge in [0.25, 0.3) is 0 Å². The van der Waals surface area contributed by atoms with Gasteiger partial charge in [-0.1, -0.05) is 0 Å². The molecule has 1 aliphatic rings. The van der Waals surface area contributed by atoms with Gasteiger partial charge in [0.1, 0.15) is 23.7 Å². The summed E-state index contributed by atoms with van der Waals surface area (Å²) in [6, 6.07) is 10.5. The van der Waals surface area contributed by atoms with Gasteiger partial charge in [0, 0.05) is 24.4 Å². The molecule has 2 amide bonds. The van der Waals surface area contributed by atoms with Crippen LogP contribution in [0.3, 0.4) is 0 Å². The molecule has 8 heteroatoms. The highest BCUT2D eigenvalue weighted by Gasteiger charge is 2.24. The Balaban J connectivity index is 1.46. The molecule has 1 saturated carbocycles. The summed E-state index contributed by atoms with van der Waals surface area (Å²) in [4.78, 5) is 16.5. The molecule has 29 heavy (non-hydrogen) atoms. The van der Waals surface area contributed by atoms with Crippen LogP contribution < -0.4 is 24.8 Å². The SMILES string of the molecule is COc1ccc(NC(=O)NC2CCC(Oc3ccc(C#N)cn3)CC2)c(OC)c1. The molecule has 1 aromatic heterocycles. The topological polar surface area (TPSA) is 106 Å². The van der Waals surface area contributed by atoms with Crippen molar-refractivity contribution in [2.24, 2.45) is 0 Å². The van der Waals surface area contributed by atoms with Crippen LogP contribution in [0.4, 0.5) is 10.5 Å². The lowest BCUT2D eigenvalue weighted by atomic mass is 9.93. The first kappa shape index (κ1) is 20.3. The molecule has 1 aromatic carbocycles. The van der Waals surface area contributed by atoms with Crippen LogP contribution in [0.2, 0.25) is 0 Å². The molecular formula is C21H24N4O4. The molecular weight excluding hydrogens is 372 g/mol. The molecule has 0 spiro atoms. The van der Waals surface area contributed by atoms with Gasteiger partial charge in [-0.05, 0) is 43.9 Å². The second-order valence-electron chi connectivity index (χ2n) is 6.75. The van der Waals surface area contributed by atoms with Crippen molar-refractivity contribution >= 4 is 11.7 Å². The third kappa shape index (κ3) is 5.51. The number of pyridine rings is 1. The summed E-state index contributed by atoms with van der Waals surface area (Å²) in [6.07, 6.45) is 4.82. The third-order valence-corrected chi connectivity index (χ3v) is 4.82. The Morgan fingerprint density at radius 2 is 1.93 bits per heavy atom. The van der Waals surface area contributed by atoms with Crippen LogP contribution in [-0.4, -0.2) is 37.4 Å². The second-order valence-corrected chi connectivity index (χ2v) is 6.75. The first-order valence-electron chi connectivity index (χ1n) is 9.43. The number of urea groups is 1. The summed E-state index contributed by atoms with van der Waals surface area (Å²) in [5, 5.41) is 14.6. The van der Waals surface area contributed by atoms with Crippen molar-refractivity contribution in [3.8, 4) is 23.4 Å². The fourth-order valence-electron chi connectivity index (χ4n) is 3.26. The Kier molecular flexibility index (Phi) is 6.74. The number of aromatic nitrogens is 1. The molecule has 2 aromatic rings. The Morgan fingerprint density at radius 1 is 1.14 bits per heavy atom. The normalized spacial score (nSPS) is 18.2. The number of ether oxygens (including phenoxy) is 3. The molecule has 0 radical (unpaired) electrons. The number of nitriles is 1. The maximum absolute atomic E-state index is 12.4. The quantitative estimate of drug-likeness (QED) is 0.774. The lowest BCUT2D eigenvalue weighted by molar-refractivity contribution is 0.135. The van der Waals surface area contributed by atoms with Crippen molar-refractivity contribution in [2.45, 2.75) is 37.8 Å². The number of hydrogen-bond acceptors (Lipinski definition) is 6. The van der Waals surface area contributed by atoms with Crippen molar-refractivity contribution in [2.75, 3.05) is 19.5 Å². The van der Waals surface area contributed by atoms with E-state index in [2.05, 4.69) is 15.6 Å². The summed E-state index contributed by atoms with van der Waals surface area (Å²) in [6.45, 7) is 0. The number of anilines is 1. The zero-order valence-corrected chi connectivity index (χ0v) is 16.5. The maximum atomic E-state index is 12.4. The highest BCUT2D eigenvalue weighted by molar-refractivity contribution is 5.91. The molecule has 8 nitrogen and oxygen atoms in total. The maximum Gasteiger partial charge on any atom is 0.319 e. The fraction of sp³-hybridized carbons (Fsp3) is 0.381. The lowest BCUT2D eigenvalue weighted by Crippen LogP contribution is -2.41. The zero-order valence-electron chi connectivity index (χ0n) is 16.5. The van der Waals surface area contributed by atoms with Crippen molar-refractivity contribution in [1.29, 1.82) is 5.26 Å². The number of amides is 2. The molecule has 0 bridgehead atoms. The Hall–Kier alpha value is -3.47. The van der Waals surface area contributed by atoms with E-state index in [4.69, 9.17) is 19.5 Å². The molecule has 3 rings (SSSR count). The average Bonchev–Trinajstić information content (AvgIpc) is 2.76. The number of benzene rings is 1. The van der Waals surface area contributed by atoms with Gasteiger partial charge < -0.3 is 24.8 Å². The van der Waals surface area contributed by atoms with Crippen LogP contribution in [0, 0.1) is 11.3 Å². The van der Waals surface area contributed by atoms with E-state index < -0.39 is 0 Å². The van der Waals surface area contributed by atoms with E-state index in [0.29, 0.717) is 28.6 Å². The minimum absolute atomic E-state index is 0.0539. The number of nitrogens with zero attached hydrogens (tertiary/aromatic N) is 2. The largest absolute Gasteiger partial charge is 0.497 e. The minimum Gasteiger partial charge on any atom is -0.497 e. The van der Waals surface area contributed by atoms with Gasteiger partial charge in [-0.2, -0.15) is 5.26 Å². The van der Waals surface area contributed by atoms with Gasteiger partial charge in [-0.25, -0.2) is 9.78 Å². The summed E-state index contributed by atoms with van der Waals surface area (Å²) in [7, 11) is 3.12. The molecule has 0 unspecified atom stereocenters. The van der Waals surface area contributed by atoms with E-state index in [9.17, 15) is 4.79 Å². The third-order valence-electron chi connectivity index (χ3n) is 4.82. The van der Waals surface area contributed by atoms with E-state index >= 15 is 0 Å². The Bertz CT molecular complexity index is 871. The van der Waals surface area contributed by atoms with Gasteiger partial charge in [0.15, 0.2) is 0 Å². The zero-order chi connectivity index (χ0) is 20.6. The summed E-state index contributed by atoms with van der Waals surface area (Å²) < 4.78 is 16.3. The highest BCUT2D eigenvalue weighted by Crippen LogP contribution is 2.29. The first-order valence-corrected chi connectivity index (χ1v) is 9.43. The van der Waals surface area contributed by atoms with Gasteiger partial charge in [-0.3, -0.25) is 0 Å². The number of carbonyl (C=O) groups excluding carboxylic acids is 1. The van der Waals surface area contributed by atoms with E-state index in [0.717, 1.165) is 25.7 Å². The van der Waals surface area contributed by atoms with Crippen LogP contribution in [0.25, 0.3) is 0 Å². The first-order chi connectivity index (χ1) is 14.1. The van der Waals surface area contributed by atoms with Gasteiger partial charge in [0.05, 0.1) is 25.5 Å². The second kappa shape index (κ2) is 9.64. The number of rotatable bonds is 6. The van der Waals surface area contributed by atoms with Crippen LogP contribution in [0.1, 0.15) is 31.2 Å². The van der Waals surface area contributed by atoms with E-state index in [1.807, 2.05) is 6.07 Å². The van der Waals surface area contributed by atoms with Crippen molar-refractivity contribution in [1.82, 2.24) is 10.3 Å². The number of methoxy groups -OCH3 is 2. The van der Waals surface area contributed by atoms with Gasteiger partial charge >= 0.3 is 6.03 Å². The lowest BCUT2D eigenvalue weighted by Gasteiger charge is -2.29. The Morgan fingerprint density at radius 3 is 2.55 bits per heavy atom. The average molecular weight is 396 g/mol. The molecule has 2 N–H and O–H groups in total. The smallest absolute Gasteiger partial charge is 0.319 e. The predicted octanol–water partition coefficient (Wildman–Crippen LogP) is 3.48. The van der Waals surface area contributed by atoms with Crippen molar-refractivity contribution in [3.63, 3.8) is 0 Å². The molecule has 1 heterocycles. The highest BCUT2D eigenvalue weighted by atomic mass is 16.5. The van der Waals surface area contributed by atoms with E-state index in [1.165, 1.54) is 6.20 Å². The minimum atomic E-state index is -0.272. The molecule has 152 valence electrons. The molecule has 1 aliphatic carbocycles. The van der Waals surface area contributed by atoms with Gasteiger partial charge in [-0.15, -0.1) is 0 Å². The van der Waals surface area contributed by atoms with E-state index in [1.54, 1.807) is 44.6 Å². The van der Waals surface area contributed by atoms with Gasteiger partial charge in [0.2, 0.25) is 5.88 Å². The number of hydrogen-bond donors (Lipinski definition) is 2. The van der Waals surface area contributed by atoms with Crippen LogP contribution >= 0.6 is 0 Å². The summed E-state index contributed by atoms with van der Waals surface area (Å²) >= 11 is 0. The van der Waals surface area contributed by atoms with Crippen molar-refractivity contribution in [3.05, 3.63) is 42.1 Å². The predicted molar refractivity (Wildman–Crippen MR) is 107 cm³/mol. The number of nitrogens with one attached hydrogen (secondary N) is 2. The van der Waals surface area contributed by atoms with Crippen LogP contribution in [-0.2, 0) is 0 Å². The molecule has 1 fully saturated rings. The number of carbonyl (C=O) groups is 1. The molecule has 0 atom stereocenters. The molecule has 0 saturated heterocycles. The molecule has 0 aliphatic heterocycles. The standard InChI is InChI=1S/C21H24N4O4/c1-27-17-8-9-18(19(11-17)28-2)25-21(26)24-15-4-6-16(7-5-15)29-20-10-3-14(12-22)13-23-20/h3,8-11,13,15-16H,4-7H2,1-2H3,(H2,24,25,26). The summed E-state index contributed by atoms with van der Waals surface area (Å²) in [5.41, 5.74) is 1.08. The van der Waals surface area contributed by atoms with Crippen LogP contribution in [0.15, 0.2) is 36.5 Å². The monoisotopic (exact) mass is 396 g/mol. The van der Waals surface area contributed by atoms with E-state index in [-0.39, 0.29) is 18.2 Å². The van der Waals surface area contributed by atoms with Crippen molar-refractivity contribution < 1.29 is 19.0 Å². The summed E-state index contributed by atoms with van der Waals surface area (Å²) in [5.74, 6) is 1.71.